The molecule has 1 aliphatic carbocycles. The first-order valence-corrected chi connectivity index (χ1v) is 21.6. The van der Waals surface area contributed by atoms with Gasteiger partial charge in [-0.15, -0.1) is 0 Å². The van der Waals surface area contributed by atoms with Gasteiger partial charge in [0.2, 0.25) is 0 Å². The van der Waals surface area contributed by atoms with Gasteiger partial charge in [0.1, 0.15) is 0 Å². The van der Waals surface area contributed by atoms with Gasteiger partial charge in [0.15, 0.2) is 0 Å². The first kappa shape index (κ1) is 36.6. The molecule has 0 saturated heterocycles. The molecule has 0 unspecified atom stereocenters. The monoisotopic (exact) mass is 801 g/mol. The van der Waals surface area contributed by atoms with E-state index in [4.69, 9.17) is 9.97 Å². The first-order chi connectivity index (χ1) is 31.0. The Hall–Kier alpha value is -8.19. The van der Waals surface area contributed by atoms with Gasteiger partial charge in [0.25, 0.3) is 0 Å². The summed E-state index contributed by atoms with van der Waals surface area (Å²) in [4.78, 5) is 11.0. The topological polar surface area (TPSA) is 49.6 Å². The molecule has 0 fully saturated rings. The molecule has 0 radical (unpaired) electrons. The number of hydrogen-bond acceptors (Lipinski definition) is 3. The summed E-state index contributed by atoms with van der Waals surface area (Å²) in [5.41, 5.74) is 17.7. The van der Waals surface area contributed by atoms with E-state index in [0.717, 1.165) is 77.7 Å². The third-order valence-electron chi connectivity index (χ3n) is 13.5. The Morgan fingerprint density at radius 2 is 0.857 bits per heavy atom. The molecule has 0 aliphatic heterocycles. The Morgan fingerprint density at radius 3 is 1.44 bits per heavy atom. The van der Waals surface area contributed by atoms with Gasteiger partial charge in [-0.2, -0.15) is 5.26 Å². The first-order valence-electron chi connectivity index (χ1n) is 21.6. The molecule has 1 aliphatic rings. The molecule has 0 N–H and O–H groups in total. The lowest BCUT2D eigenvalue weighted by Gasteiger charge is -2.34. The minimum atomic E-state index is -0.633. The molecule has 3 heteroatoms. The molecular formula is C60H39N3. The minimum absolute atomic E-state index is 0.633. The summed E-state index contributed by atoms with van der Waals surface area (Å²) >= 11 is 0. The lowest BCUT2D eigenvalue weighted by atomic mass is 9.67. The molecular weight excluding hydrogens is 763 g/mol. The zero-order valence-corrected chi connectivity index (χ0v) is 34.9. The highest BCUT2D eigenvalue weighted by Gasteiger charge is 2.46. The van der Waals surface area contributed by atoms with Crippen molar-refractivity contribution in [1.82, 2.24) is 9.97 Å². The number of aryl methyl sites for hydroxylation is 2. The van der Waals surface area contributed by atoms with Crippen molar-refractivity contribution < 1.29 is 0 Å². The fourth-order valence-corrected chi connectivity index (χ4v) is 10.8. The van der Waals surface area contributed by atoms with E-state index < -0.39 is 5.41 Å². The van der Waals surface area contributed by atoms with Crippen LogP contribution in [-0.2, 0) is 5.41 Å². The molecule has 0 bridgehead atoms. The zero-order valence-electron chi connectivity index (χ0n) is 34.9. The van der Waals surface area contributed by atoms with E-state index in [1.807, 2.05) is 6.07 Å². The summed E-state index contributed by atoms with van der Waals surface area (Å²) in [6, 6.07) is 73.6. The maximum absolute atomic E-state index is 10.2. The van der Waals surface area contributed by atoms with Gasteiger partial charge in [-0.3, -0.25) is 0 Å². The van der Waals surface area contributed by atoms with Crippen molar-refractivity contribution in [3.63, 3.8) is 0 Å². The third-order valence-corrected chi connectivity index (χ3v) is 13.5. The Morgan fingerprint density at radius 1 is 0.397 bits per heavy atom. The molecule has 9 aromatic carbocycles. The Kier molecular flexibility index (Phi) is 8.26. The second-order valence-corrected chi connectivity index (χ2v) is 16.8. The number of pyridine rings is 2. The third kappa shape index (κ3) is 5.38. The van der Waals surface area contributed by atoms with Crippen LogP contribution >= 0.6 is 0 Å². The molecule has 12 rings (SSSR count). The van der Waals surface area contributed by atoms with E-state index in [1.165, 1.54) is 43.8 Å². The number of fused-ring (bicyclic) bond motifs is 9. The fraction of sp³-hybridized carbons (Fsp3) is 0.0500. The molecule has 11 aromatic rings. The van der Waals surface area contributed by atoms with E-state index in [0.29, 0.717) is 5.56 Å². The van der Waals surface area contributed by atoms with Crippen molar-refractivity contribution >= 4 is 43.4 Å². The SMILES string of the molecule is Cc1c2c(-c3ccccc3)nc3cc(-c4ccc5c(c4)C(c4ccccc4)(c4ccccc4)c4cc(C#N)ccc4-5)ccc3c2c(C)c2c(-c3ccccc3)nc3ccccc3c12. The molecule has 63 heavy (non-hydrogen) atoms. The zero-order chi connectivity index (χ0) is 42.2. The second-order valence-electron chi connectivity index (χ2n) is 16.8. The quantitative estimate of drug-likeness (QED) is 0.129. The Balaban J connectivity index is 1.15. The normalized spacial score (nSPS) is 12.7. The molecule has 0 saturated carbocycles. The van der Waals surface area contributed by atoms with Crippen LogP contribution in [0.2, 0.25) is 0 Å². The van der Waals surface area contributed by atoms with E-state index in [2.05, 4.69) is 214 Å². The van der Waals surface area contributed by atoms with Crippen LogP contribution in [0.5, 0.6) is 0 Å². The molecule has 3 nitrogen and oxygen atoms in total. The smallest absolute Gasteiger partial charge is 0.0991 e. The van der Waals surface area contributed by atoms with Gasteiger partial charge >= 0.3 is 0 Å². The Labute approximate surface area is 366 Å². The van der Waals surface area contributed by atoms with E-state index >= 15 is 0 Å². The number of rotatable bonds is 5. The van der Waals surface area contributed by atoms with E-state index in [1.54, 1.807) is 0 Å². The van der Waals surface area contributed by atoms with Crippen LogP contribution in [0.15, 0.2) is 200 Å². The molecule has 294 valence electrons. The van der Waals surface area contributed by atoms with Crippen molar-refractivity contribution in [2.24, 2.45) is 0 Å². The summed E-state index contributed by atoms with van der Waals surface area (Å²) in [5.74, 6) is 0. The Bertz CT molecular complexity index is 3640. The summed E-state index contributed by atoms with van der Waals surface area (Å²) in [5, 5.41) is 17.2. The average molecular weight is 802 g/mol. The summed E-state index contributed by atoms with van der Waals surface area (Å²) in [7, 11) is 0. The number of para-hydroxylation sites is 1. The van der Waals surface area contributed by atoms with Crippen LogP contribution in [0.3, 0.4) is 0 Å². The maximum Gasteiger partial charge on any atom is 0.0991 e. The molecule has 0 amide bonds. The highest BCUT2D eigenvalue weighted by Crippen LogP contribution is 2.57. The maximum atomic E-state index is 10.2. The van der Waals surface area contributed by atoms with Crippen molar-refractivity contribution in [3.8, 4) is 50.8 Å². The molecule has 2 aromatic heterocycles. The van der Waals surface area contributed by atoms with Crippen LogP contribution in [0.1, 0.15) is 38.9 Å². The molecule has 0 atom stereocenters. The predicted molar refractivity (Wildman–Crippen MR) is 260 cm³/mol. The summed E-state index contributed by atoms with van der Waals surface area (Å²) in [6.07, 6.45) is 0. The van der Waals surface area contributed by atoms with E-state index in [9.17, 15) is 5.26 Å². The lowest BCUT2D eigenvalue weighted by Crippen LogP contribution is -2.28. The summed E-state index contributed by atoms with van der Waals surface area (Å²) in [6.45, 7) is 4.55. The van der Waals surface area contributed by atoms with Crippen LogP contribution in [0, 0.1) is 25.2 Å². The number of nitriles is 1. The van der Waals surface area contributed by atoms with Crippen molar-refractivity contribution in [2.75, 3.05) is 0 Å². The van der Waals surface area contributed by atoms with Crippen molar-refractivity contribution in [2.45, 2.75) is 19.3 Å². The molecule has 2 heterocycles. The number of benzene rings is 9. The van der Waals surface area contributed by atoms with Crippen LogP contribution in [-0.4, -0.2) is 9.97 Å². The molecule has 0 spiro atoms. The van der Waals surface area contributed by atoms with E-state index in [-0.39, 0.29) is 0 Å². The minimum Gasteiger partial charge on any atom is -0.247 e. The summed E-state index contributed by atoms with van der Waals surface area (Å²) < 4.78 is 0. The van der Waals surface area contributed by atoms with Gasteiger partial charge in [-0.1, -0.05) is 170 Å². The van der Waals surface area contributed by atoms with Crippen molar-refractivity contribution in [1.29, 1.82) is 5.26 Å². The largest absolute Gasteiger partial charge is 0.247 e. The fourth-order valence-electron chi connectivity index (χ4n) is 10.8. The van der Waals surface area contributed by atoms with Gasteiger partial charge in [-0.25, -0.2) is 9.97 Å². The highest BCUT2D eigenvalue weighted by molar-refractivity contribution is 6.25. The second kappa shape index (κ2) is 14.2. The number of aromatic nitrogens is 2. The van der Waals surface area contributed by atoms with Crippen molar-refractivity contribution in [3.05, 3.63) is 239 Å². The van der Waals surface area contributed by atoms with Gasteiger partial charge in [-0.05, 0) is 111 Å². The van der Waals surface area contributed by atoms with Gasteiger partial charge in [0.05, 0.1) is 39.5 Å². The van der Waals surface area contributed by atoms with Crippen LogP contribution in [0.4, 0.5) is 0 Å². The number of nitrogens with zero attached hydrogens (tertiary/aromatic N) is 3. The standard InChI is InChI=1S/C60H39N3/c1-37-54-48-25-15-16-26-52(48)62-58(40-17-7-3-8-18-40)56(54)38(2)55-49-32-29-43(35-53(49)63-59(57(37)55)41-19-9-4-10-20-41)42-28-31-47-46-30-27-39(36-61)33-50(46)60(51(47)34-42,44-21-11-5-12-22-44)45-23-13-6-14-24-45/h3-35H,1-2H3. The lowest BCUT2D eigenvalue weighted by molar-refractivity contribution is 0.768. The number of hydrogen-bond donors (Lipinski definition) is 0. The van der Waals surface area contributed by atoms with Crippen LogP contribution < -0.4 is 0 Å². The average Bonchev–Trinajstić information content (AvgIpc) is 3.65. The van der Waals surface area contributed by atoms with Crippen LogP contribution in [0.25, 0.3) is 88.1 Å². The predicted octanol–water partition coefficient (Wildman–Crippen LogP) is 14.9. The van der Waals surface area contributed by atoms with Gasteiger partial charge in [0, 0.05) is 32.7 Å². The van der Waals surface area contributed by atoms with Gasteiger partial charge < -0.3 is 0 Å². The highest BCUT2D eigenvalue weighted by atomic mass is 14.7.